The maximum Gasteiger partial charge on any atom is 0.335 e. The zero-order chi connectivity index (χ0) is 57.6. The fourth-order valence-electron chi connectivity index (χ4n) is 6.94. The number of aromatic hydroxyl groups is 2. The van der Waals surface area contributed by atoms with Crippen LogP contribution in [0.25, 0.3) is 0 Å². The maximum absolute atomic E-state index is 13.9. The molecule has 0 spiro atoms. The molecule has 0 bridgehead atoms. The van der Waals surface area contributed by atoms with Crippen molar-refractivity contribution in [2.75, 3.05) is 26.2 Å². The van der Waals surface area contributed by atoms with Gasteiger partial charge in [0.2, 0.25) is 47.3 Å². The number of hydrogen-bond acceptors (Lipinski definition) is 20. The molecule has 1 aliphatic rings. The lowest BCUT2D eigenvalue weighted by Gasteiger charge is -2.28. The van der Waals surface area contributed by atoms with Crippen molar-refractivity contribution in [2.24, 2.45) is 27.9 Å². The van der Waals surface area contributed by atoms with Crippen LogP contribution in [0.1, 0.15) is 74.6 Å². The van der Waals surface area contributed by atoms with Crippen LogP contribution in [-0.2, 0) is 58.1 Å². The SMILES string of the molecule is NC(=O)C[C@H](NC(=O)C[C@H](O)[C@H](N)CCCCNC(=O)c1ccc(S(=O)(=O)O)c(O)c1O)C(=O)N[C@H](C(=O)N[C@@H]1CCCCNC(=O)CNC(=O)[C@@H]([C@H](O)C(=O)O)NC(=O)[C@@H](CCCN=C(N)N)NC1=O)[C@@H](O)C(=O)O. The zero-order valence-electron chi connectivity index (χ0n) is 40.3. The summed E-state index contributed by atoms with van der Waals surface area (Å²) >= 11 is 0. The van der Waals surface area contributed by atoms with Crippen LogP contribution in [-0.4, -0.2) is 201 Å². The molecule has 0 saturated carbocycles. The predicted molar refractivity (Wildman–Crippen MR) is 255 cm³/mol. The number of phenols is 2. The number of guanidine groups is 1. The van der Waals surface area contributed by atoms with E-state index in [0.29, 0.717) is 6.07 Å². The van der Waals surface area contributed by atoms with Gasteiger partial charge in [-0.2, -0.15) is 8.42 Å². The quantitative estimate of drug-likeness (QED) is 0.0142. The number of nitrogens with one attached hydrogen (secondary N) is 8. The summed E-state index contributed by atoms with van der Waals surface area (Å²) in [4.78, 5) is 144. The first-order valence-corrected chi connectivity index (χ1v) is 24.4. The van der Waals surface area contributed by atoms with Crippen molar-refractivity contribution < 1.29 is 101 Å². The lowest BCUT2D eigenvalue weighted by Crippen LogP contribution is -2.63. The third-order valence-corrected chi connectivity index (χ3v) is 11.9. The van der Waals surface area contributed by atoms with E-state index in [4.69, 9.17) is 27.5 Å². The first-order chi connectivity index (χ1) is 35.5. The van der Waals surface area contributed by atoms with E-state index in [1.54, 1.807) is 0 Å². The van der Waals surface area contributed by atoms with Gasteiger partial charge in [-0.25, -0.2) is 9.59 Å². The van der Waals surface area contributed by atoms with Crippen molar-refractivity contribution in [3.8, 4) is 11.5 Å². The van der Waals surface area contributed by atoms with Crippen molar-refractivity contribution in [2.45, 2.75) is 124 Å². The van der Waals surface area contributed by atoms with Crippen LogP contribution in [0.2, 0.25) is 0 Å². The van der Waals surface area contributed by atoms with E-state index in [1.807, 2.05) is 10.6 Å². The van der Waals surface area contributed by atoms with Crippen LogP contribution in [0.15, 0.2) is 22.0 Å². The number of aliphatic hydroxyl groups is 3. The fraction of sp³-hybridized carbons (Fsp3) is 0.561. The third-order valence-electron chi connectivity index (χ3n) is 11.0. The van der Waals surface area contributed by atoms with Crippen molar-refractivity contribution in [1.82, 2.24) is 42.5 Å². The highest BCUT2D eigenvalue weighted by Gasteiger charge is 2.40. The van der Waals surface area contributed by atoms with Gasteiger partial charge >= 0.3 is 11.9 Å². The number of hydrogen-bond donors (Lipinski definition) is 20. The first-order valence-electron chi connectivity index (χ1n) is 22.9. The molecule has 76 heavy (non-hydrogen) atoms. The van der Waals surface area contributed by atoms with Gasteiger partial charge in [0.05, 0.1) is 31.1 Å². The van der Waals surface area contributed by atoms with Gasteiger partial charge in [0.1, 0.15) is 35.1 Å². The number of primary amides is 1. The van der Waals surface area contributed by atoms with Crippen molar-refractivity contribution in [3.05, 3.63) is 17.7 Å². The summed E-state index contributed by atoms with van der Waals surface area (Å²) in [5.41, 5.74) is 21.5. The number of carbonyl (C=O) groups excluding carboxylic acids is 9. The van der Waals surface area contributed by atoms with Crippen molar-refractivity contribution in [1.29, 1.82) is 0 Å². The van der Waals surface area contributed by atoms with E-state index in [-0.39, 0.29) is 77.0 Å². The Kier molecular flexibility index (Phi) is 25.6. The highest BCUT2D eigenvalue weighted by Crippen LogP contribution is 2.35. The number of rotatable bonds is 25. The maximum atomic E-state index is 13.9. The molecule has 34 nitrogen and oxygen atoms in total. The Morgan fingerprint density at radius 3 is 2.08 bits per heavy atom. The first kappa shape index (κ1) is 64.1. The molecule has 9 amide bonds. The van der Waals surface area contributed by atoms with E-state index in [0.717, 1.165) is 6.07 Å². The van der Waals surface area contributed by atoms with Gasteiger partial charge in [0, 0.05) is 25.7 Å². The minimum atomic E-state index is -4.93. The van der Waals surface area contributed by atoms with E-state index in [1.165, 1.54) is 0 Å². The van der Waals surface area contributed by atoms with Gasteiger partial charge in [0.15, 0.2) is 29.7 Å². The lowest BCUT2D eigenvalue weighted by molar-refractivity contribution is -0.153. The van der Waals surface area contributed by atoms with Crippen molar-refractivity contribution in [3.63, 3.8) is 0 Å². The van der Waals surface area contributed by atoms with Gasteiger partial charge in [0.25, 0.3) is 16.0 Å². The Balaban J connectivity index is 2.26. The Labute approximate surface area is 431 Å². The van der Waals surface area contributed by atoms with Crippen LogP contribution in [0.3, 0.4) is 0 Å². The molecule has 24 N–H and O–H groups in total. The number of carboxylic acid groups (broad SMARTS) is 2. The smallest absolute Gasteiger partial charge is 0.335 e. The van der Waals surface area contributed by atoms with Crippen molar-refractivity contribution >= 4 is 81.2 Å². The predicted octanol–water partition coefficient (Wildman–Crippen LogP) is -9.02. The van der Waals surface area contributed by atoms with Gasteiger partial charge in [-0.3, -0.25) is 52.7 Å². The van der Waals surface area contributed by atoms with E-state index in [2.05, 4.69) is 36.9 Å². The molecule has 0 aromatic heterocycles. The average Bonchev–Trinajstić information content (AvgIpc) is 3.32. The molecule has 2 rings (SSSR count). The molecule has 1 aliphatic heterocycles. The number of aliphatic imine (C=N–C) groups is 1. The number of aliphatic carboxylic acids is 2. The average molecular weight is 1110 g/mol. The highest BCUT2D eigenvalue weighted by atomic mass is 32.2. The van der Waals surface area contributed by atoms with Gasteiger partial charge in [-0.15, -0.1) is 0 Å². The standard InChI is InChI=1S/C41H63N13O21S/c42-18(6-1-3-12-47-33(63)17-9-10-23(76(73,74)75)30(60)29(17)59)22(55)15-25(57)50-21(14-24(43)56)36(66)54-28(32(62)40(71)72)38(68)52-19-7-2-4-11-46-26(58)16-49-37(67)27(31(61)39(69)70)53-35(65)20(51-34(19)64)8-5-13-48-41(44)45/h9-10,18-22,27-28,31-32,55,59-62H,1-8,11-16,42H2,(H2,43,56)(H,46,58)(H,47,63)(H,49,67)(H,50,57)(H,51,64)(H,52,68)(H,53,65)(H,54,66)(H,69,70)(H,71,72)(H4,44,45,48)(H,73,74,75)/t18-,19-,20-,21+,22+,27-,28+,31+,32-/m1/s1. The minimum absolute atomic E-state index is 0.00740. The number of nitrogens with zero attached hydrogens (tertiary/aromatic N) is 1. The molecule has 1 heterocycles. The normalized spacial score (nSPS) is 19.2. The zero-order valence-corrected chi connectivity index (χ0v) is 41.1. The Bertz CT molecular complexity index is 2460. The molecule has 35 heteroatoms. The highest BCUT2D eigenvalue weighted by molar-refractivity contribution is 7.86. The van der Waals surface area contributed by atoms with Crippen LogP contribution in [0.5, 0.6) is 11.5 Å². The second-order valence-corrected chi connectivity index (χ2v) is 18.3. The second kappa shape index (κ2) is 30.4. The number of nitrogens with two attached hydrogens (primary N) is 4. The Hall–Kier alpha value is -7.99. The topological polar surface area (TPSA) is 596 Å². The second-order valence-electron chi connectivity index (χ2n) is 16.9. The number of carbonyl (C=O) groups is 11. The number of unbranched alkanes of at least 4 members (excludes halogenated alkanes) is 1. The molecular formula is C41H63N13O21S. The number of aliphatic hydroxyl groups excluding tert-OH is 3. The molecule has 0 unspecified atom stereocenters. The summed E-state index contributed by atoms with van der Waals surface area (Å²) in [5, 5.41) is 88.0. The van der Waals surface area contributed by atoms with Crippen LogP contribution < -0.4 is 65.5 Å². The molecule has 0 radical (unpaired) electrons. The lowest BCUT2D eigenvalue weighted by atomic mass is 10.0. The molecule has 1 saturated heterocycles. The summed E-state index contributed by atoms with van der Waals surface area (Å²) in [6, 6.07) is -9.87. The summed E-state index contributed by atoms with van der Waals surface area (Å²) in [6.07, 6.45) is -9.19. The van der Waals surface area contributed by atoms with Gasteiger partial charge in [-0.05, 0) is 57.1 Å². The number of benzene rings is 1. The summed E-state index contributed by atoms with van der Waals surface area (Å²) < 4.78 is 31.8. The Morgan fingerprint density at radius 2 is 1.47 bits per heavy atom. The Morgan fingerprint density at radius 1 is 0.803 bits per heavy atom. The van der Waals surface area contributed by atoms with Crippen LogP contribution in [0, 0.1) is 0 Å². The van der Waals surface area contributed by atoms with Gasteiger partial charge in [-0.1, -0.05) is 6.42 Å². The van der Waals surface area contributed by atoms with E-state index >= 15 is 0 Å². The molecule has 1 aromatic rings. The minimum Gasteiger partial charge on any atom is -0.504 e. The monoisotopic (exact) mass is 1110 g/mol. The molecule has 0 aliphatic carbocycles. The summed E-state index contributed by atoms with van der Waals surface area (Å²) in [6.45, 7) is -1.07. The van der Waals surface area contributed by atoms with E-state index < -0.39 is 171 Å². The molecule has 9 atom stereocenters. The molecule has 424 valence electrons. The summed E-state index contributed by atoms with van der Waals surface area (Å²) in [7, 11) is -4.93. The molecular weight excluding hydrogens is 1040 g/mol. The number of phenolic OH excluding ortho intramolecular Hbond substituents is 2. The van der Waals surface area contributed by atoms with Gasteiger partial charge < -0.3 is 101 Å². The summed E-state index contributed by atoms with van der Waals surface area (Å²) in [5.74, 6) is -17.8. The molecule has 1 fully saturated rings. The van der Waals surface area contributed by atoms with Crippen LogP contribution in [0.4, 0.5) is 0 Å². The largest absolute Gasteiger partial charge is 0.504 e. The molecule has 1 aromatic carbocycles. The number of amides is 9. The van der Waals surface area contributed by atoms with E-state index in [9.17, 15) is 96.9 Å². The number of carboxylic acids is 2. The fourth-order valence-corrected chi connectivity index (χ4v) is 7.52. The van der Waals surface area contributed by atoms with Crippen LogP contribution >= 0.6 is 0 Å². The third kappa shape index (κ3) is 21.1.